The van der Waals surface area contributed by atoms with Gasteiger partial charge in [-0.15, -0.1) is 0 Å². The van der Waals surface area contributed by atoms with Crippen LogP contribution in [0.4, 0.5) is 0 Å². The van der Waals surface area contributed by atoms with Crippen molar-refractivity contribution >= 4 is 0 Å². The minimum absolute atomic E-state index is 0.328. The molecule has 1 aliphatic heterocycles. The second kappa shape index (κ2) is 6.19. The molecule has 3 nitrogen and oxygen atoms in total. The van der Waals surface area contributed by atoms with Crippen molar-refractivity contribution in [1.82, 2.24) is 5.32 Å². The fraction of sp³-hybridized carbons (Fsp3) is 0.333. The Morgan fingerprint density at radius 3 is 2.57 bits per heavy atom. The molecule has 3 rings (SSSR count). The van der Waals surface area contributed by atoms with E-state index in [2.05, 4.69) is 55.6 Å². The molecule has 0 spiro atoms. The van der Waals surface area contributed by atoms with Crippen molar-refractivity contribution in [1.29, 1.82) is 0 Å². The first-order valence-electron chi connectivity index (χ1n) is 7.41. The Bertz CT molecular complexity index is 597. The predicted octanol–water partition coefficient (Wildman–Crippen LogP) is 3.70. The third-order valence-electron chi connectivity index (χ3n) is 4.14. The van der Waals surface area contributed by atoms with E-state index in [1.807, 2.05) is 12.1 Å². The van der Waals surface area contributed by atoms with Crippen LogP contribution in [0.1, 0.15) is 30.9 Å². The van der Waals surface area contributed by atoms with E-state index >= 15 is 0 Å². The summed E-state index contributed by atoms with van der Waals surface area (Å²) in [6.45, 7) is 5.67. The molecule has 0 fully saturated rings. The Labute approximate surface area is 125 Å². The number of hydrogen-bond acceptors (Lipinski definition) is 3. The van der Waals surface area contributed by atoms with Gasteiger partial charge in [-0.25, -0.2) is 0 Å². The molecule has 0 aliphatic carbocycles. The van der Waals surface area contributed by atoms with E-state index in [9.17, 15) is 0 Å². The van der Waals surface area contributed by atoms with Crippen LogP contribution in [0.15, 0.2) is 48.5 Å². The predicted molar refractivity (Wildman–Crippen MR) is 83.7 cm³/mol. The molecule has 1 heterocycles. The molecule has 1 N–H and O–H groups in total. The van der Waals surface area contributed by atoms with E-state index in [-0.39, 0.29) is 0 Å². The molecule has 0 aromatic heterocycles. The standard InChI is InChI=1S/C18H21NO2/c1-13(14(2)19-11-15-6-4-3-5-7-15)16-8-9-17-18(10-16)21-12-20-17/h3-10,13-14,19H,11-12H2,1-2H3/t13-,14+/m0/s1. The molecule has 110 valence electrons. The zero-order valence-corrected chi connectivity index (χ0v) is 12.5. The third-order valence-corrected chi connectivity index (χ3v) is 4.14. The van der Waals surface area contributed by atoms with Gasteiger partial charge in [-0.05, 0) is 36.1 Å². The maximum Gasteiger partial charge on any atom is 0.231 e. The SMILES string of the molecule is C[C@H](c1ccc2c(c1)OCO2)[C@@H](C)NCc1ccccc1. The highest BCUT2D eigenvalue weighted by Gasteiger charge is 2.18. The molecular formula is C18H21NO2. The Kier molecular flexibility index (Phi) is 4.11. The van der Waals surface area contributed by atoms with Gasteiger partial charge >= 0.3 is 0 Å². The van der Waals surface area contributed by atoms with Gasteiger partial charge in [0, 0.05) is 12.6 Å². The number of nitrogens with one attached hydrogen (secondary N) is 1. The second-order valence-corrected chi connectivity index (χ2v) is 5.56. The van der Waals surface area contributed by atoms with Crippen LogP contribution >= 0.6 is 0 Å². The molecule has 0 radical (unpaired) electrons. The Morgan fingerprint density at radius 2 is 1.76 bits per heavy atom. The van der Waals surface area contributed by atoms with Gasteiger partial charge in [0.05, 0.1) is 0 Å². The lowest BCUT2D eigenvalue weighted by Gasteiger charge is -2.22. The van der Waals surface area contributed by atoms with Gasteiger partial charge in [-0.1, -0.05) is 43.3 Å². The van der Waals surface area contributed by atoms with Gasteiger partial charge in [0.15, 0.2) is 11.5 Å². The van der Waals surface area contributed by atoms with Crippen molar-refractivity contribution in [3.63, 3.8) is 0 Å². The van der Waals surface area contributed by atoms with Gasteiger partial charge in [-0.3, -0.25) is 0 Å². The van der Waals surface area contributed by atoms with Crippen LogP contribution in [0.25, 0.3) is 0 Å². The fourth-order valence-electron chi connectivity index (χ4n) is 2.54. The van der Waals surface area contributed by atoms with E-state index in [4.69, 9.17) is 9.47 Å². The molecule has 2 aromatic rings. The molecule has 0 unspecified atom stereocenters. The number of rotatable bonds is 5. The number of ether oxygens (including phenoxy) is 2. The Balaban J connectivity index is 1.63. The largest absolute Gasteiger partial charge is 0.454 e. The molecule has 2 atom stereocenters. The topological polar surface area (TPSA) is 30.5 Å². The second-order valence-electron chi connectivity index (χ2n) is 5.56. The monoisotopic (exact) mass is 283 g/mol. The number of benzene rings is 2. The fourth-order valence-corrected chi connectivity index (χ4v) is 2.54. The molecular weight excluding hydrogens is 262 g/mol. The quantitative estimate of drug-likeness (QED) is 0.907. The van der Waals surface area contributed by atoms with Crippen molar-refractivity contribution in [2.75, 3.05) is 6.79 Å². The molecule has 2 aromatic carbocycles. The summed E-state index contributed by atoms with van der Waals surface area (Å²) in [4.78, 5) is 0. The normalized spacial score (nSPS) is 15.7. The lowest BCUT2D eigenvalue weighted by molar-refractivity contribution is 0.174. The first kappa shape index (κ1) is 14.0. The van der Waals surface area contributed by atoms with Crippen LogP contribution in [-0.4, -0.2) is 12.8 Å². The zero-order valence-electron chi connectivity index (χ0n) is 12.5. The third kappa shape index (κ3) is 3.19. The summed E-state index contributed by atoms with van der Waals surface area (Å²) >= 11 is 0. The van der Waals surface area contributed by atoms with Crippen LogP contribution in [0.3, 0.4) is 0 Å². The maximum atomic E-state index is 5.46. The zero-order chi connectivity index (χ0) is 14.7. The summed E-state index contributed by atoms with van der Waals surface area (Å²) in [5.74, 6) is 2.11. The van der Waals surface area contributed by atoms with Crippen LogP contribution < -0.4 is 14.8 Å². The van der Waals surface area contributed by atoms with Gasteiger partial charge in [0.2, 0.25) is 6.79 Å². The molecule has 0 bridgehead atoms. The van der Waals surface area contributed by atoms with Crippen LogP contribution in [-0.2, 0) is 6.54 Å². The van der Waals surface area contributed by atoms with Gasteiger partial charge in [0.25, 0.3) is 0 Å². The van der Waals surface area contributed by atoms with Gasteiger partial charge in [-0.2, -0.15) is 0 Å². The summed E-state index contributed by atoms with van der Waals surface area (Å²) in [6.07, 6.45) is 0. The van der Waals surface area contributed by atoms with E-state index in [1.165, 1.54) is 11.1 Å². The first-order chi connectivity index (χ1) is 10.2. The summed E-state index contributed by atoms with van der Waals surface area (Å²) in [7, 11) is 0. The molecule has 3 heteroatoms. The summed E-state index contributed by atoms with van der Waals surface area (Å²) in [5.41, 5.74) is 2.58. The van der Waals surface area contributed by atoms with E-state index in [0.29, 0.717) is 18.8 Å². The Morgan fingerprint density at radius 1 is 1.00 bits per heavy atom. The molecule has 0 saturated heterocycles. The van der Waals surface area contributed by atoms with Crippen molar-refractivity contribution in [3.8, 4) is 11.5 Å². The molecule has 1 aliphatic rings. The number of fused-ring (bicyclic) bond motifs is 1. The van der Waals surface area contributed by atoms with Crippen LogP contribution in [0, 0.1) is 0 Å². The summed E-state index contributed by atoms with van der Waals surface area (Å²) < 4.78 is 10.8. The molecule has 0 saturated carbocycles. The minimum Gasteiger partial charge on any atom is -0.454 e. The molecule has 21 heavy (non-hydrogen) atoms. The van der Waals surface area contributed by atoms with Crippen molar-refractivity contribution < 1.29 is 9.47 Å². The lowest BCUT2D eigenvalue weighted by atomic mass is 9.94. The van der Waals surface area contributed by atoms with Crippen LogP contribution in [0.2, 0.25) is 0 Å². The highest BCUT2D eigenvalue weighted by molar-refractivity contribution is 5.45. The number of hydrogen-bond donors (Lipinski definition) is 1. The highest BCUT2D eigenvalue weighted by Crippen LogP contribution is 2.35. The average molecular weight is 283 g/mol. The summed E-state index contributed by atoms with van der Waals surface area (Å²) in [6, 6.07) is 17.1. The van der Waals surface area contributed by atoms with E-state index in [0.717, 1.165) is 18.0 Å². The Hall–Kier alpha value is -2.00. The van der Waals surface area contributed by atoms with Crippen molar-refractivity contribution in [2.24, 2.45) is 0 Å². The van der Waals surface area contributed by atoms with Gasteiger partial charge < -0.3 is 14.8 Å². The first-order valence-corrected chi connectivity index (χ1v) is 7.41. The van der Waals surface area contributed by atoms with Crippen LogP contribution in [0.5, 0.6) is 11.5 Å². The summed E-state index contributed by atoms with van der Waals surface area (Å²) in [5, 5.41) is 3.59. The van der Waals surface area contributed by atoms with Gasteiger partial charge in [0.1, 0.15) is 0 Å². The lowest BCUT2D eigenvalue weighted by Crippen LogP contribution is -2.30. The van der Waals surface area contributed by atoms with Crippen molar-refractivity contribution in [2.45, 2.75) is 32.4 Å². The van der Waals surface area contributed by atoms with E-state index < -0.39 is 0 Å². The smallest absolute Gasteiger partial charge is 0.231 e. The maximum absolute atomic E-state index is 5.46. The average Bonchev–Trinajstić information content (AvgIpc) is 3.00. The van der Waals surface area contributed by atoms with E-state index in [1.54, 1.807) is 0 Å². The highest BCUT2D eigenvalue weighted by atomic mass is 16.7. The molecule has 0 amide bonds. The van der Waals surface area contributed by atoms with Crippen molar-refractivity contribution in [3.05, 3.63) is 59.7 Å². The minimum atomic E-state index is 0.328.